The molecule has 2 aromatic carbocycles. The van der Waals surface area contributed by atoms with Gasteiger partial charge in [-0.3, -0.25) is 0 Å². The molecule has 3 aromatic rings. The molecular formula is C18H16N2O2. The maximum Gasteiger partial charge on any atom is 0.250 e. The smallest absolute Gasteiger partial charge is 0.250 e. The topological polar surface area (TPSA) is 48.2 Å². The van der Waals surface area contributed by atoms with Gasteiger partial charge in [0.2, 0.25) is 0 Å². The molecule has 1 heterocycles. The van der Waals surface area contributed by atoms with Crippen LogP contribution in [0.2, 0.25) is 0 Å². The number of nitrogens with zero attached hydrogens (tertiary/aromatic N) is 2. The van der Waals surface area contributed by atoms with E-state index in [1.54, 1.807) is 7.11 Å². The molecule has 0 aliphatic heterocycles. The number of rotatable bonds is 5. The third kappa shape index (κ3) is 3.61. The zero-order valence-electron chi connectivity index (χ0n) is 12.3. The van der Waals surface area contributed by atoms with Gasteiger partial charge in [0.05, 0.1) is 7.11 Å². The lowest BCUT2D eigenvalue weighted by Crippen LogP contribution is -1.91. The number of aromatic nitrogens is 2. The number of methoxy groups -OCH3 is 1. The van der Waals surface area contributed by atoms with E-state index in [-0.39, 0.29) is 0 Å². The second kappa shape index (κ2) is 6.72. The van der Waals surface area contributed by atoms with E-state index >= 15 is 0 Å². The third-order valence-electron chi connectivity index (χ3n) is 3.22. The van der Waals surface area contributed by atoms with E-state index in [1.807, 2.05) is 66.7 Å². The summed E-state index contributed by atoms with van der Waals surface area (Å²) in [7, 11) is 1.65. The summed E-state index contributed by atoms with van der Waals surface area (Å²) in [4.78, 5) is 4.37. The molecule has 0 saturated heterocycles. The van der Waals surface area contributed by atoms with Crippen molar-refractivity contribution in [3.8, 4) is 5.75 Å². The van der Waals surface area contributed by atoms with Crippen LogP contribution < -0.4 is 4.74 Å². The van der Waals surface area contributed by atoms with Gasteiger partial charge in [0.25, 0.3) is 5.89 Å². The molecule has 0 amide bonds. The SMILES string of the molecule is COc1ccc(Cc2noc(C=Cc3ccccc3)n2)cc1. The van der Waals surface area contributed by atoms with Crippen LogP contribution in [-0.4, -0.2) is 17.3 Å². The second-order valence-corrected chi connectivity index (χ2v) is 4.82. The van der Waals surface area contributed by atoms with Crippen LogP contribution in [0.5, 0.6) is 5.75 Å². The predicted octanol–water partition coefficient (Wildman–Crippen LogP) is 3.84. The first-order chi connectivity index (χ1) is 10.8. The van der Waals surface area contributed by atoms with Crippen molar-refractivity contribution in [3.63, 3.8) is 0 Å². The van der Waals surface area contributed by atoms with Crippen LogP contribution in [0.25, 0.3) is 12.2 Å². The first-order valence-corrected chi connectivity index (χ1v) is 7.02. The van der Waals surface area contributed by atoms with E-state index in [0.717, 1.165) is 16.9 Å². The quantitative estimate of drug-likeness (QED) is 0.717. The molecule has 0 aliphatic carbocycles. The molecule has 0 atom stereocenters. The van der Waals surface area contributed by atoms with Gasteiger partial charge in [0, 0.05) is 12.5 Å². The molecule has 0 radical (unpaired) electrons. The second-order valence-electron chi connectivity index (χ2n) is 4.82. The minimum absolute atomic E-state index is 0.507. The number of hydrogen-bond acceptors (Lipinski definition) is 4. The molecule has 0 spiro atoms. The Labute approximate surface area is 129 Å². The average Bonchev–Trinajstić information content (AvgIpc) is 3.02. The van der Waals surface area contributed by atoms with Crippen LogP contribution in [0.15, 0.2) is 59.1 Å². The zero-order chi connectivity index (χ0) is 15.2. The summed E-state index contributed by atoms with van der Waals surface area (Å²) in [5.74, 6) is 2.01. The van der Waals surface area contributed by atoms with Gasteiger partial charge in [-0.2, -0.15) is 4.98 Å². The predicted molar refractivity (Wildman–Crippen MR) is 85.5 cm³/mol. The van der Waals surface area contributed by atoms with Gasteiger partial charge in [-0.1, -0.05) is 47.6 Å². The van der Waals surface area contributed by atoms with E-state index in [4.69, 9.17) is 9.26 Å². The highest BCUT2D eigenvalue weighted by molar-refractivity contribution is 5.65. The number of ether oxygens (including phenoxy) is 1. The Balaban J connectivity index is 1.67. The molecule has 1 aromatic heterocycles. The average molecular weight is 292 g/mol. The maximum absolute atomic E-state index is 5.23. The van der Waals surface area contributed by atoms with E-state index in [9.17, 15) is 0 Å². The lowest BCUT2D eigenvalue weighted by Gasteiger charge is -2.00. The highest BCUT2D eigenvalue weighted by Gasteiger charge is 2.05. The highest BCUT2D eigenvalue weighted by atomic mass is 16.5. The summed E-state index contributed by atoms with van der Waals surface area (Å²) >= 11 is 0. The van der Waals surface area contributed by atoms with Crippen molar-refractivity contribution in [2.24, 2.45) is 0 Å². The van der Waals surface area contributed by atoms with Crippen LogP contribution >= 0.6 is 0 Å². The molecule has 4 nitrogen and oxygen atoms in total. The molecule has 22 heavy (non-hydrogen) atoms. The lowest BCUT2D eigenvalue weighted by atomic mass is 10.1. The van der Waals surface area contributed by atoms with Crippen molar-refractivity contribution < 1.29 is 9.26 Å². The number of hydrogen-bond donors (Lipinski definition) is 0. The van der Waals surface area contributed by atoms with E-state index in [1.165, 1.54) is 0 Å². The van der Waals surface area contributed by atoms with Crippen LogP contribution in [0.3, 0.4) is 0 Å². The van der Waals surface area contributed by atoms with E-state index in [2.05, 4.69) is 10.1 Å². The Morgan fingerprint density at radius 1 is 1.00 bits per heavy atom. The van der Waals surface area contributed by atoms with Gasteiger partial charge in [-0.15, -0.1) is 0 Å². The summed E-state index contributed by atoms with van der Waals surface area (Å²) in [6, 6.07) is 17.8. The summed E-state index contributed by atoms with van der Waals surface area (Å²) in [5, 5.41) is 4.00. The molecular weight excluding hydrogens is 276 g/mol. The maximum atomic E-state index is 5.23. The lowest BCUT2D eigenvalue weighted by molar-refractivity contribution is 0.404. The van der Waals surface area contributed by atoms with Gasteiger partial charge >= 0.3 is 0 Å². The highest BCUT2D eigenvalue weighted by Crippen LogP contribution is 2.14. The van der Waals surface area contributed by atoms with Crippen LogP contribution in [0.1, 0.15) is 22.8 Å². The van der Waals surface area contributed by atoms with Crippen molar-refractivity contribution in [3.05, 3.63) is 77.4 Å². The first kappa shape index (κ1) is 14.1. The van der Waals surface area contributed by atoms with Crippen LogP contribution in [-0.2, 0) is 6.42 Å². The van der Waals surface area contributed by atoms with Crippen LogP contribution in [0, 0.1) is 0 Å². The van der Waals surface area contributed by atoms with Gasteiger partial charge in [0.1, 0.15) is 5.75 Å². The molecule has 110 valence electrons. The first-order valence-electron chi connectivity index (χ1n) is 7.02. The largest absolute Gasteiger partial charge is 0.497 e. The molecule has 0 N–H and O–H groups in total. The van der Waals surface area contributed by atoms with Gasteiger partial charge < -0.3 is 9.26 Å². The monoisotopic (exact) mass is 292 g/mol. The summed E-state index contributed by atoms with van der Waals surface area (Å²) < 4.78 is 10.4. The van der Waals surface area contributed by atoms with E-state index < -0.39 is 0 Å². The fourth-order valence-electron chi connectivity index (χ4n) is 2.06. The summed E-state index contributed by atoms with van der Waals surface area (Å²) in [6.45, 7) is 0. The van der Waals surface area contributed by atoms with Crippen molar-refractivity contribution in [2.75, 3.05) is 7.11 Å². The molecule has 0 aliphatic rings. The van der Waals surface area contributed by atoms with Crippen LogP contribution in [0.4, 0.5) is 0 Å². The normalized spacial score (nSPS) is 11.0. The summed E-state index contributed by atoms with van der Waals surface area (Å²) in [5.41, 5.74) is 2.21. The Morgan fingerprint density at radius 2 is 1.77 bits per heavy atom. The summed E-state index contributed by atoms with van der Waals surface area (Å²) in [6.07, 6.45) is 4.40. The minimum atomic E-state index is 0.507. The zero-order valence-corrected chi connectivity index (χ0v) is 12.3. The Hall–Kier alpha value is -2.88. The van der Waals surface area contributed by atoms with Crippen molar-refractivity contribution >= 4 is 12.2 Å². The van der Waals surface area contributed by atoms with Crippen molar-refractivity contribution in [2.45, 2.75) is 6.42 Å². The molecule has 0 bridgehead atoms. The van der Waals surface area contributed by atoms with Crippen molar-refractivity contribution in [1.82, 2.24) is 10.1 Å². The van der Waals surface area contributed by atoms with E-state index in [0.29, 0.717) is 18.1 Å². The number of benzene rings is 2. The molecule has 0 saturated carbocycles. The standard InChI is InChI=1S/C18H16N2O2/c1-21-16-10-7-15(8-11-16)13-17-19-18(22-20-17)12-9-14-5-3-2-4-6-14/h2-12H,13H2,1H3. The Bertz CT molecular complexity index is 746. The van der Waals surface area contributed by atoms with Gasteiger partial charge in [-0.05, 0) is 29.3 Å². The minimum Gasteiger partial charge on any atom is -0.497 e. The van der Waals surface area contributed by atoms with Gasteiger partial charge in [-0.25, -0.2) is 0 Å². The third-order valence-corrected chi connectivity index (χ3v) is 3.22. The van der Waals surface area contributed by atoms with Crippen molar-refractivity contribution in [1.29, 1.82) is 0 Å². The fourth-order valence-corrected chi connectivity index (χ4v) is 2.06. The molecule has 3 rings (SSSR count). The Kier molecular flexibility index (Phi) is 4.30. The molecule has 0 unspecified atom stereocenters. The molecule has 0 fully saturated rings. The van der Waals surface area contributed by atoms with Gasteiger partial charge in [0.15, 0.2) is 5.82 Å². The molecule has 4 heteroatoms. The Morgan fingerprint density at radius 3 is 2.50 bits per heavy atom. The fraction of sp³-hybridized carbons (Fsp3) is 0.111.